The van der Waals surface area contributed by atoms with Crippen molar-refractivity contribution in [3.8, 4) is 22.9 Å². The van der Waals surface area contributed by atoms with Gasteiger partial charge in [-0.25, -0.2) is 0 Å². The fourth-order valence-corrected chi connectivity index (χ4v) is 3.74. The molecule has 6 heteroatoms. The summed E-state index contributed by atoms with van der Waals surface area (Å²) in [5, 5.41) is 8.32. The molecule has 0 aliphatic rings. The van der Waals surface area contributed by atoms with Crippen LogP contribution in [-0.4, -0.2) is 19.5 Å². The van der Waals surface area contributed by atoms with E-state index in [0.717, 1.165) is 16.7 Å². The summed E-state index contributed by atoms with van der Waals surface area (Å²) in [5.41, 5.74) is 2.84. The highest BCUT2D eigenvalue weighted by Gasteiger charge is 2.31. The van der Waals surface area contributed by atoms with Gasteiger partial charge in [-0.15, -0.1) is 14.9 Å². The molecule has 28 heavy (non-hydrogen) atoms. The lowest BCUT2D eigenvalue weighted by atomic mass is 9.96. The topological polar surface area (TPSA) is 74.0 Å². The van der Waals surface area contributed by atoms with E-state index < -0.39 is 11.4 Å². The summed E-state index contributed by atoms with van der Waals surface area (Å²) < 4.78 is 21.3. The minimum atomic E-state index is -1.14. The summed E-state index contributed by atoms with van der Waals surface area (Å²) in [7, 11) is 0. The summed E-state index contributed by atoms with van der Waals surface area (Å²) >= 11 is -1.14. The lowest BCUT2D eigenvalue weighted by Crippen LogP contribution is -2.42. The van der Waals surface area contributed by atoms with Gasteiger partial charge in [0.25, 0.3) is 0 Å². The maximum Gasteiger partial charge on any atom is 0.248 e. The van der Waals surface area contributed by atoms with Gasteiger partial charge in [0.1, 0.15) is 4.75 Å². The van der Waals surface area contributed by atoms with Crippen molar-refractivity contribution in [1.29, 1.82) is 0 Å². The van der Waals surface area contributed by atoms with E-state index in [-0.39, 0.29) is 10.8 Å². The molecule has 5 nitrogen and oxygen atoms in total. The predicted octanol–water partition coefficient (Wildman–Crippen LogP) is 5.15. The highest BCUT2D eigenvalue weighted by atomic mass is 32.2. The zero-order valence-electron chi connectivity index (χ0n) is 17.0. The number of nitrogens with zero attached hydrogens (tertiary/aromatic N) is 2. The van der Waals surface area contributed by atoms with Crippen LogP contribution in [0.2, 0.25) is 0 Å². The van der Waals surface area contributed by atoms with Gasteiger partial charge >= 0.3 is 0 Å². The largest absolute Gasteiger partial charge is 0.598 e. The van der Waals surface area contributed by atoms with Gasteiger partial charge in [-0.05, 0) is 56.5 Å². The molecule has 2 atom stereocenters. The SMILES string of the molecule is CC(C)C(N[S@@+]([O-])C(C)(C)C)c1ccc(-c2nnc(-c3ccccc3)o2)cc1. The number of rotatable bonds is 6. The van der Waals surface area contributed by atoms with E-state index in [9.17, 15) is 4.55 Å². The minimum absolute atomic E-state index is 0.00308. The molecule has 0 aliphatic carbocycles. The van der Waals surface area contributed by atoms with Gasteiger partial charge in [-0.1, -0.05) is 44.2 Å². The van der Waals surface area contributed by atoms with Gasteiger partial charge in [0.05, 0.1) is 6.04 Å². The van der Waals surface area contributed by atoms with E-state index >= 15 is 0 Å². The van der Waals surface area contributed by atoms with E-state index in [1.807, 2.05) is 75.4 Å². The van der Waals surface area contributed by atoms with Gasteiger partial charge in [0.15, 0.2) is 0 Å². The van der Waals surface area contributed by atoms with Gasteiger partial charge in [0.2, 0.25) is 11.8 Å². The molecule has 0 fully saturated rings. The van der Waals surface area contributed by atoms with Crippen molar-refractivity contribution >= 4 is 11.4 Å². The molecule has 0 aliphatic heterocycles. The molecule has 0 saturated carbocycles. The molecule has 1 unspecified atom stereocenters. The van der Waals surface area contributed by atoms with Gasteiger partial charge in [-0.3, -0.25) is 0 Å². The predicted molar refractivity (Wildman–Crippen MR) is 114 cm³/mol. The summed E-state index contributed by atoms with van der Waals surface area (Å²) in [4.78, 5) is 0. The summed E-state index contributed by atoms with van der Waals surface area (Å²) in [5.74, 6) is 1.28. The van der Waals surface area contributed by atoms with Crippen LogP contribution in [0.4, 0.5) is 0 Å². The van der Waals surface area contributed by atoms with Crippen molar-refractivity contribution in [2.75, 3.05) is 0 Å². The molecule has 0 saturated heterocycles. The Morgan fingerprint density at radius 1 is 0.893 bits per heavy atom. The first-order valence-corrected chi connectivity index (χ1v) is 10.6. The Morgan fingerprint density at radius 3 is 1.93 bits per heavy atom. The first kappa shape index (κ1) is 20.6. The molecule has 0 bridgehead atoms. The standard InChI is InChI=1S/C22H27N3O2S/c1-15(2)19(25-28(26)22(3,4)5)16-11-13-18(14-12-16)21-24-23-20(27-21)17-9-7-6-8-10-17/h6-15,19,25H,1-5H3/t19?,28-/m0/s1. The van der Waals surface area contributed by atoms with Crippen molar-refractivity contribution in [1.82, 2.24) is 14.9 Å². The molecule has 3 aromatic rings. The third kappa shape index (κ3) is 4.82. The van der Waals surface area contributed by atoms with E-state index in [1.54, 1.807) is 0 Å². The first-order valence-electron chi connectivity index (χ1n) is 9.43. The van der Waals surface area contributed by atoms with Crippen LogP contribution in [0.3, 0.4) is 0 Å². The monoisotopic (exact) mass is 397 g/mol. The molecule has 2 aromatic carbocycles. The number of hydrogen-bond donors (Lipinski definition) is 1. The number of hydrogen-bond acceptors (Lipinski definition) is 5. The Bertz CT molecular complexity index is 886. The Hall–Kier alpha value is -2.15. The van der Waals surface area contributed by atoms with E-state index in [1.165, 1.54) is 0 Å². The van der Waals surface area contributed by atoms with Crippen molar-refractivity contribution in [3.05, 3.63) is 60.2 Å². The minimum Gasteiger partial charge on any atom is -0.598 e. The molecule has 148 valence electrons. The van der Waals surface area contributed by atoms with E-state index in [0.29, 0.717) is 17.7 Å². The van der Waals surface area contributed by atoms with Crippen molar-refractivity contribution in [2.45, 2.75) is 45.4 Å². The molecule has 1 N–H and O–H groups in total. The van der Waals surface area contributed by atoms with Crippen LogP contribution < -0.4 is 4.72 Å². The smallest absolute Gasteiger partial charge is 0.248 e. The maximum atomic E-state index is 12.5. The molecule has 1 heterocycles. The first-order chi connectivity index (χ1) is 13.3. The summed E-state index contributed by atoms with van der Waals surface area (Å²) in [6, 6.07) is 17.7. The second-order valence-electron chi connectivity index (χ2n) is 8.12. The molecule has 1 aromatic heterocycles. The number of aromatic nitrogens is 2. The average molecular weight is 398 g/mol. The van der Waals surface area contributed by atoms with Crippen molar-refractivity contribution in [3.63, 3.8) is 0 Å². The number of benzene rings is 2. The van der Waals surface area contributed by atoms with Crippen LogP contribution in [-0.2, 0) is 11.4 Å². The van der Waals surface area contributed by atoms with Crippen molar-refractivity contribution < 1.29 is 8.97 Å². The third-order valence-electron chi connectivity index (χ3n) is 4.42. The lowest BCUT2D eigenvalue weighted by Gasteiger charge is -2.30. The van der Waals surface area contributed by atoms with Crippen LogP contribution in [0.1, 0.15) is 46.2 Å². The fourth-order valence-electron chi connectivity index (χ4n) is 2.75. The molecule has 0 spiro atoms. The normalized spacial score (nSPS) is 14.2. The third-order valence-corrected chi connectivity index (χ3v) is 6.00. The highest BCUT2D eigenvalue weighted by molar-refractivity contribution is 7.90. The second kappa shape index (κ2) is 8.47. The Balaban J connectivity index is 1.79. The summed E-state index contributed by atoms with van der Waals surface area (Å²) in [6.45, 7) is 10.1. The Labute approximate surface area is 169 Å². The number of nitrogens with one attached hydrogen (secondary N) is 1. The van der Waals surface area contributed by atoms with Crippen LogP contribution in [0, 0.1) is 5.92 Å². The molecule has 3 rings (SSSR count). The van der Waals surface area contributed by atoms with E-state index in [4.69, 9.17) is 4.42 Å². The molecule has 0 radical (unpaired) electrons. The maximum absolute atomic E-state index is 12.5. The Kier molecular flexibility index (Phi) is 6.23. The van der Waals surface area contributed by atoms with Crippen LogP contribution in [0.25, 0.3) is 22.9 Å². The van der Waals surface area contributed by atoms with Gasteiger partial charge in [0, 0.05) is 22.5 Å². The second-order valence-corrected chi connectivity index (χ2v) is 10.1. The highest BCUT2D eigenvalue weighted by Crippen LogP contribution is 2.29. The summed E-state index contributed by atoms with van der Waals surface area (Å²) in [6.07, 6.45) is 0. The quantitative estimate of drug-likeness (QED) is 0.582. The molecular formula is C22H27N3O2S. The van der Waals surface area contributed by atoms with E-state index in [2.05, 4.69) is 28.8 Å². The zero-order chi connectivity index (χ0) is 20.3. The van der Waals surface area contributed by atoms with Crippen LogP contribution >= 0.6 is 0 Å². The zero-order valence-corrected chi connectivity index (χ0v) is 17.8. The van der Waals surface area contributed by atoms with Gasteiger partial charge in [-0.2, -0.15) is 0 Å². The van der Waals surface area contributed by atoms with Crippen LogP contribution in [0.5, 0.6) is 0 Å². The molecular weight excluding hydrogens is 370 g/mol. The molecule has 0 amide bonds. The van der Waals surface area contributed by atoms with Crippen molar-refractivity contribution in [2.24, 2.45) is 5.92 Å². The van der Waals surface area contributed by atoms with Crippen LogP contribution in [0.15, 0.2) is 59.0 Å². The van der Waals surface area contributed by atoms with Gasteiger partial charge < -0.3 is 8.97 Å². The Morgan fingerprint density at radius 2 is 1.43 bits per heavy atom. The fraction of sp³-hybridized carbons (Fsp3) is 0.364. The lowest BCUT2D eigenvalue weighted by molar-refractivity contribution is 0.452. The average Bonchev–Trinajstić information content (AvgIpc) is 3.16.